The lowest BCUT2D eigenvalue weighted by Crippen LogP contribution is -2.41. The number of ether oxygens (including phenoxy) is 1. The minimum atomic E-state index is -0.0884. The molecule has 1 saturated heterocycles. The van der Waals surface area contributed by atoms with Crippen LogP contribution in [0.5, 0.6) is 0 Å². The van der Waals surface area contributed by atoms with Crippen molar-refractivity contribution in [2.24, 2.45) is 7.05 Å². The molecule has 0 saturated carbocycles. The number of pyridine rings is 1. The zero-order valence-electron chi connectivity index (χ0n) is 18.3. The molecule has 5 heterocycles. The third-order valence-corrected chi connectivity index (χ3v) is 5.91. The predicted octanol–water partition coefficient (Wildman–Crippen LogP) is 1.69. The molecule has 0 radical (unpaired) electrons. The Morgan fingerprint density at radius 3 is 2.75 bits per heavy atom. The smallest absolute Gasteiger partial charge is 0.274 e. The van der Waals surface area contributed by atoms with Crippen LogP contribution in [0.25, 0.3) is 0 Å². The van der Waals surface area contributed by atoms with Crippen LogP contribution in [-0.4, -0.2) is 68.6 Å². The molecule has 0 spiro atoms. The van der Waals surface area contributed by atoms with E-state index in [4.69, 9.17) is 4.74 Å². The SMILES string of the molecule is Cc1cc(C(=O)N2CCOCC2)nnc1N1CCc2ncc(Nc3ccnn3C)cc2C1. The molecule has 1 fully saturated rings. The first-order chi connectivity index (χ1) is 15.6. The molecule has 1 amide bonds. The van der Waals surface area contributed by atoms with E-state index in [-0.39, 0.29) is 5.91 Å². The molecule has 5 rings (SSSR count). The van der Waals surface area contributed by atoms with Crippen LogP contribution in [0.4, 0.5) is 17.3 Å². The number of rotatable bonds is 4. The largest absolute Gasteiger partial charge is 0.378 e. The van der Waals surface area contributed by atoms with Crippen LogP contribution in [0.3, 0.4) is 0 Å². The summed E-state index contributed by atoms with van der Waals surface area (Å²) in [5.74, 6) is 1.62. The van der Waals surface area contributed by atoms with E-state index < -0.39 is 0 Å². The van der Waals surface area contributed by atoms with Gasteiger partial charge in [-0.3, -0.25) is 14.5 Å². The van der Waals surface area contributed by atoms with Gasteiger partial charge in [0.25, 0.3) is 5.91 Å². The Bertz CT molecular complexity index is 1140. The Hall–Kier alpha value is -3.53. The Morgan fingerprint density at radius 2 is 2.00 bits per heavy atom. The monoisotopic (exact) mass is 434 g/mol. The molecule has 0 aromatic carbocycles. The van der Waals surface area contributed by atoms with Gasteiger partial charge in [-0.25, -0.2) is 0 Å². The van der Waals surface area contributed by atoms with Crippen molar-refractivity contribution in [3.63, 3.8) is 0 Å². The maximum absolute atomic E-state index is 12.7. The van der Waals surface area contributed by atoms with Crippen LogP contribution >= 0.6 is 0 Å². The molecule has 0 unspecified atom stereocenters. The number of anilines is 3. The number of hydrogen-bond donors (Lipinski definition) is 1. The lowest BCUT2D eigenvalue weighted by molar-refractivity contribution is 0.0298. The number of hydrogen-bond acceptors (Lipinski definition) is 8. The minimum absolute atomic E-state index is 0.0884. The van der Waals surface area contributed by atoms with Crippen molar-refractivity contribution < 1.29 is 9.53 Å². The van der Waals surface area contributed by atoms with Crippen molar-refractivity contribution >= 4 is 23.2 Å². The molecular weight excluding hydrogens is 408 g/mol. The predicted molar refractivity (Wildman–Crippen MR) is 119 cm³/mol. The first-order valence-corrected chi connectivity index (χ1v) is 10.8. The van der Waals surface area contributed by atoms with Crippen LogP contribution in [-0.2, 0) is 24.8 Å². The van der Waals surface area contributed by atoms with E-state index in [1.165, 1.54) is 0 Å². The summed E-state index contributed by atoms with van der Waals surface area (Å²) in [5, 5.41) is 16.2. The molecule has 2 aliphatic rings. The van der Waals surface area contributed by atoms with Gasteiger partial charge >= 0.3 is 0 Å². The quantitative estimate of drug-likeness (QED) is 0.662. The summed E-state index contributed by atoms with van der Waals surface area (Å²) in [5.41, 5.74) is 4.50. The molecule has 166 valence electrons. The van der Waals surface area contributed by atoms with Gasteiger partial charge in [0.15, 0.2) is 11.5 Å². The van der Waals surface area contributed by atoms with Crippen LogP contribution in [0.2, 0.25) is 0 Å². The summed E-state index contributed by atoms with van der Waals surface area (Å²) in [6.45, 7) is 5.78. The van der Waals surface area contributed by atoms with Gasteiger partial charge in [0.2, 0.25) is 0 Å². The molecule has 10 heteroatoms. The molecule has 0 bridgehead atoms. The highest BCUT2D eigenvalue weighted by molar-refractivity contribution is 5.92. The standard InChI is InChI=1S/C22H26N8O2/c1-15-11-19(22(31)29-7-9-32-10-8-29)26-27-21(15)30-6-4-18-16(14-30)12-17(13-23-18)25-20-3-5-24-28(20)2/h3,5,11-13,25H,4,6-10,14H2,1-2H3. The van der Waals surface area contributed by atoms with E-state index in [0.29, 0.717) is 38.5 Å². The zero-order valence-corrected chi connectivity index (χ0v) is 18.3. The van der Waals surface area contributed by atoms with Crippen molar-refractivity contribution in [1.29, 1.82) is 0 Å². The Kier molecular flexibility index (Phi) is 5.44. The second-order valence-electron chi connectivity index (χ2n) is 8.11. The summed E-state index contributed by atoms with van der Waals surface area (Å²) < 4.78 is 7.11. The number of nitrogens with zero attached hydrogens (tertiary/aromatic N) is 7. The molecular formula is C22H26N8O2. The lowest BCUT2D eigenvalue weighted by Gasteiger charge is -2.30. The molecule has 3 aromatic heterocycles. The van der Waals surface area contributed by atoms with Crippen molar-refractivity contribution in [3.05, 3.63) is 53.1 Å². The molecule has 1 N–H and O–H groups in total. The summed E-state index contributed by atoms with van der Waals surface area (Å²) in [4.78, 5) is 21.3. The number of aromatic nitrogens is 5. The molecule has 10 nitrogen and oxygen atoms in total. The van der Waals surface area contributed by atoms with E-state index in [2.05, 4.69) is 36.6 Å². The van der Waals surface area contributed by atoms with Gasteiger partial charge in [-0.2, -0.15) is 5.10 Å². The maximum atomic E-state index is 12.7. The van der Waals surface area contributed by atoms with E-state index in [9.17, 15) is 4.79 Å². The van der Waals surface area contributed by atoms with Crippen molar-refractivity contribution in [2.45, 2.75) is 19.9 Å². The van der Waals surface area contributed by atoms with E-state index in [1.807, 2.05) is 32.3 Å². The molecule has 3 aromatic rings. The number of carbonyl (C=O) groups excluding carboxylic acids is 1. The lowest BCUT2D eigenvalue weighted by atomic mass is 10.0. The summed E-state index contributed by atoms with van der Waals surface area (Å²) >= 11 is 0. The van der Waals surface area contributed by atoms with Crippen LogP contribution in [0.15, 0.2) is 30.6 Å². The van der Waals surface area contributed by atoms with Crippen molar-refractivity contribution in [1.82, 2.24) is 29.9 Å². The fourth-order valence-electron chi connectivity index (χ4n) is 4.14. The minimum Gasteiger partial charge on any atom is -0.378 e. The highest BCUT2D eigenvalue weighted by atomic mass is 16.5. The van der Waals surface area contributed by atoms with Crippen LogP contribution in [0.1, 0.15) is 27.3 Å². The first-order valence-electron chi connectivity index (χ1n) is 10.8. The maximum Gasteiger partial charge on any atom is 0.274 e. The Balaban J connectivity index is 1.33. The number of nitrogens with one attached hydrogen (secondary N) is 1. The van der Waals surface area contributed by atoms with Crippen LogP contribution < -0.4 is 10.2 Å². The summed E-state index contributed by atoms with van der Waals surface area (Å²) in [6.07, 6.45) is 4.44. The van der Waals surface area contributed by atoms with Gasteiger partial charge in [-0.05, 0) is 30.2 Å². The van der Waals surface area contributed by atoms with Gasteiger partial charge in [-0.1, -0.05) is 0 Å². The number of aryl methyl sites for hydroxylation is 2. The van der Waals surface area contributed by atoms with Crippen molar-refractivity contribution in [2.75, 3.05) is 43.1 Å². The fourth-order valence-corrected chi connectivity index (χ4v) is 4.14. The zero-order chi connectivity index (χ0) is 22.1. The van der Waals surface area contributed by atoms with Crippen LogP contribution in [0, 0.1) is 6.92 Å². The van der Waals surface area contributed by atoms with E-state index in [1.54, 1.807) is 15.8 Å². The number of carbonyl (C=O) groups is 1. The Labute approximate surface area is 186 Å². The number of fused-ring (bicyclic) bond motifs is 1. The number of amides is 1. The average Bonchev–Trinajstić information content (AvgIpc) is 3.22. The molecule has 0 aliphatic carbocycles. The van der Waals surface area contributed by atoms with E-state index >= 15 is 0 Å². The van der Waals surface area contributed by atoms with Crippen molar-refractivity contribution in [3.8, 4) is 0 Å². The van der Waals surface area contributed by atoms with Gasteiger partial charge in [0.1, 0.15) is 5.82 Å². The second kappa shape index (κ2) is 8.54. The third-order valence-electron chi connectivity index (χ3n) is 5.91. The van der Waals surface area contributed by atoms with Gasteiger partial charge in [0.05, 0.1) is 31.3 Å². The highest BCUT2D eigenvalue weighted by Gasteiger charge is 2.24. The normalized spacial score (nSPS) is 16.1. The van der Waals surface area contributed by atoms with Gasteiger partial charge in [-0.15, -0.1) is 10.2 Å². The molecule has 2 aliphatic heterocycles. The average molecular weight is 435 g/mol. The Morgan fingerprint density at radius 1 is 1.16 bits per heavy atom. The third kappa shape index (κ3) is 4.01. The second-order valence-corrected chi connectivity index (χ2v) is 8.11. The van der Waals surface area contributed by atoms with Gasteiger partial charge in [0, 0.05) is 51.4 Å². The summed E-state index contributed by atoms with van der Waals surface area (Å²) in [7, 11) is 1.89. The number of morpholine rings is 1. The summed E-state index contributed by atoms with van der Waals surface area (Å²) in [6, 6.07) is 5.89. The topological polar surface area (TPSA) is 101 Å². The van der Waals surface area contributed by atoms with E-state index in [0.717, 1.165) is 47.1 Å². The first kappa shape index (κ1) is 20.4. The fraction of sp³-hybridized carbons (Fsp3) is 0.409. The molecule has 0 atom stereocenters. The molecule has 32 heavy (non-hydrogen) atoms. The highest BCUT2D eigenvalue weighted by Crippen LogP contribution is 2.27. The van der Waals surface area contributed by atoms with Gasteiger partial charge < -0.3 is 19.9 Å².